The Morgan fingerprint density at radius 1 is 1.17 bits per heavy atom. The van der Waals surface area contributed by atoms with Crippen LogP contribution in [0.25, 0.3) is 0 Å². The van der Waals surface area contributed by atoms with Crippen molar-refractivity contribution in [3.8, 4) is 0 Å². The average Bonchev–Trinajstić information content (AvgIpc) is 2.55. The molecule has 0 aromatic heterocycles. The zero-order valence-corrected chi connectivity index (χ0v) is 14.2. The Hall–Kier alpha value is -1.75. The minimum absolute atomic E-state index is 0.416. The third-order valence-electron chi connectivity index (χ3n) is 3.44. The maximum Gasteiger partial charge on any atom is 0.322 e. The van der Waals surface area contributed by atoms with Crippen molar-refractivity contribution < 1.29 is 9.53 Å². The van der Waals surface area contributed by atoms with E-state index in [-0.39, 0.29) is 0 Å². The van der Waals surface area contributed by atoms with E-state index in [2.05, 4.69) is 10.1 Å². The molecule has 0 fully saturated rings. The van der Waals surface area contributed by atoms with Gasteiger partial charge in [0.15, 0.2) is 0 Å². The monoisotopic (exact) mass is 352 g/mol. The molecule has 2 aromatic carbocycles. The summed E-state index contributed by atoms with van der Waals surface area (Å²) in [5.74, 6) is -0.416. The molecule has 0 amide bonds. The minimum atomic E-state index is -0.652. The second kappa shape index (κ2) is 8.20. The Kier molecular flexibility index (Phi) is 6.28. The molecule has 0 saturated heterocycles. The maximum atomic E-state index is 11.3. The molecule has 0 heterocycles. The van der Waals surface area contributed by atoms with Crippen molar-refractivity contribution in [2.24, 2.45) is 5.73 Å². The molecule has 0 aliphatic rings. The van der Waals surface area contributed by atoms with E-state index in [4.69, 9.17) is 28.9 Å². The van der Waals surface area contributed by atoms with Crippen molar-refractivity contribution in [1.82, 2.24) is 0 Å². The number of halogens is 2. The highest BCUT2D eigenvalue weighted by Crippen LogP contribution is 2.25. The number of rotatable bonds is 6. The second-order valence-corrected chi connectivity index (χ2v) is 5.90. The molecule has 23 heavy (non-hydrogen) atoms. The normalized spacial score (nSPS) is 11.8. The zero-order valence-electron chi connectivity index (χ0n) is 12.7. The number of benzene rings is 2. The highest BCUT2D eigenvalue weighted by Gasteiger charge is 2.14. The van der Waals surface area contributed by atoms with Gasteiger partial charge in [-0.25, -0.2) is 0 Å². The van der Waals surface area contributed by atoms with Crippen LogP contribution in [0.4, 0.5) is 5.69 Å². The van der Waals surface area contributed by atoms with Crippen molar-refractivity contribution >= 4 is 34.9 Å². The van der Waals surface area contributed by atoms with Gasteiger partial charge in [-0.1, -0.05) is 41.4 Å². The van der Waals surface area contributed by atoms with Crippen molar-refractivity contribution in [1.29, 1.82) is 0 Å². The lowest BCUT2D eigenvalue weighted by atomic mass is 10.1. The van der Waals surface area contributed by atoms with Gasteiger partial charge in [-0.05, 0) is 36.2 Å². The van der Waals surface area contributed by atoms with Gasteiger partial charge in [-0.2, -0.15) is 0 Å². The number of carbonyl (C=O) groups excluding carboxylic acids is 1. The lowest BCUT2D eigenvalue weighted by Crippen LogP contribution is -2.33. The molecule has 2 rings (SSSR count). The third-order valence-corrected chi connectivity index (χ3v) is 4.15. The molecule has 0 saturated carbocycles. The van der Waals surface area contributed by atoms with Crippen LogP contribution in [0.5, 0.6) is 0 Å². The fourth-order valence-corrected chi connectivity index (χ4v) is 2.67. The third kappa shape index (κ3) is 4.86. The lowest BCUT2D eigenvalue weighted by molar-refractivity contribution is -0.142. The predicted octanol–water partition coefficient (Wildman–Crippen LogP) is 3.65. The summed E-state index contributed by atoms with van der Waals surface area (Å²) in [5, 5.41) is 4.53. The van der Waals surface area contributed by atoms with E-state index in [9.17, 15) is 4.79 Å². The summed E-state index contributed by atoms with van der Waals surface area (Å²) in [4.78, 5) is 11.3. The molecule has 6 heteroatoms. The molecular weight excluding hydrogens is 335 g/mol. The smallest absolute Gasteiger partial charge is 0.322 e. The SMILES string of the molecule is COC(=O)C(N)Cc1ccc(NCc2c(Cl)cccc2Cl)cc1. The number of anilines is 1. The van der Waals surface area contributed by atoms with Crippen molar-refractivity contribution in [2.45, 2.75) is 19.0 Å². The van der Waals surface area contributed by atoms with Gasteiger partial charge < -0.3 is 15.8 Å². The summed E-state index contributed by atoms with van der Waals surface area (Å²) >= 11 is 12.3. The summed E-state index contributed by atoms with van der Waals surface area (Å²) in [7, 11) is 1.33. The second-order valence-electron chi connectivity index (χ2n) is 5.08. The maximum absolute atomic E-state index is 11.3. The van der Waals surface area contributed by atoms with E-state index >= 15 is 0 Å². The van der Waals surface area contributed by atoms with Crippen LogP contribution in [0.15, 0.2) is 42.5 Å². The summed E-state index contributed by atoms with van der Waals surface area (Å²) in [5.41, 5.74) is 8.49. The van der Waals surface area contributed by atoms with Crippen LogP contribution in [0.3, 0.4) is 0 Å². The average molecular weight is 353 g/mol. The molecule has 0 bridgehead atoms. The first-order valence-electron chi connectivity index (χ1n) is 7.10. The van der Waals surface area contributed by atoms with E-state index in [1.165, 1.54) is 7.11 Å². The number of carbonyl (C=O) groups is 1. The van der Waals surface area contributed by atoms with E-state index in [0.717, 1.165) is 16.8 Å². The molecule has 0 spiro atoms. The van der Waals surface area contributed by atoms with E-state index in [1.54, 1.807) is 0 Å². The molecule has 0 aliphatic heterocycles. The van der Waals surface area contributed by atoms with Crippen molar-refractivity contribution in [3.63, 3.8) is 0 Å². The fourth-order valence-electron chi connectivity index (χ4n) is 2.14. The van der Waals surface area contributed by atoms with Gasteiger partial charge in [0.1, 0.15) is 6.04 Å². The quantitative estimate of drug-likeness (QED) is 0.778. The number of ether oxygens (including phenoxy) is 1. The number of esters is 1. The van der Waals surface area contributed by atoms with E-state index in [1.807, 2.05) is 42.5 Å². The zero-order chi connectivity index (χ0) is 16.8. The molecule has 1 atom stereocenters. The molecule has 1 unspecified atom stereocenters. The highest BCUT2D eigenvalue weighted by atomic mass is 35.5. The van der Waals surface area contributed by atoms with Crippen LogP contribution < -0.4 is 11.1 Å². The van der Waals surface area contributed by atoms with Crippen LogP contribution in [0, 0.1) is 0 Å². The minimum Gasteiger partial charge on any atom is -0.468 e. The first-order valence-corrected chi connectivity index (χ1v) is 7.86. The number of nitrogens with one attached hydrogen (secondary N) is 1. The van der Waals surface area contributed by atoms with Crippen LogP contribution in [-0.4, -0.2) is 19.1 Å². The largest absolute Gasteiger partial charge is 0.468 e. The molecule has 122 valence electrons. The molecule has 4 nitrogen and oxygen atoms in total. The summed E-state index contributed by atoms with van der Waals surface area (Å²) in [6.07, 6.45) is 0.434. The van der Waals surface area contributed by atoms with Crippen LogP contribution in [-0.2, 0) is 22.5 Å². The standard InChI is InChI=1S/C17H18Cl2N2O2/c1-23-17(22)16(20)9-11-5-7-12(8-6-11)21-10-13-14(18)3-2-4-15(13)19/h2-8,16,21H,9-10,20H2,1H3. The van der Waals surface area contributed by atoms with Crippen LogP contribution in [0.2, 0.25) is 10.0 Å². The number of hydrogen-bond donors (Lipinski definition) is 2. The fraction of sp³-hybridized carbons (Fsp3) is 0.235. The number of hydrogen-bond acceptors (Lipinski definition) is 4. The number of nitrogens with two attached hydrogens (primary N) is 1. The Morgan fingerprint density at radius 2 is 1.78 bits per heavy atom. The highest BCUT2D eigenvalue weighted by molar-refractivity contribution is 6.36. The summed E-state index contributed by atoms with van der Waals surface area (Å²) in [6, 6.07) is 12.4. The van der Waals surface area contributed by atoms with Gasteiger partial charge in [0.05, 0.1) is 7.11 Å². The molecule has 0 aliphatic carbocycles. The first-order chi connectivity index (χ1) is 11.0. The Labute approximate surface area is 145 Å². The molecule has 0 radical (unpaired) electrons. The topological polar surface area (TPSA) is 64.3 Å². The summed E-state index contributed by atoms with van der Waals surface area (Å²) in [6.45, 7) is 0.527. The van der Waals surface area contributed by atoms with Crippen molar-refractivity contribution in [3.05, 3.63) is 63.6 Å². The molecular formula is C17H18Cl2N2O2. The van der Waals surface area contributed by atoms with Gasteiger partial charge in [0.2, 0.25) is 0 Å². The van der Waals surface area contributed by atoms with Gasteiger partial charge in [0, 0.05) is 27.8 Å². The Morgan fingerprint density at radius 3 is 2.35 bits per heavy atom. The summed E-state index contributed by atoms with van der Waals surface area (Å²) < 4.78 is 4.62. The molecule has 3 N–H and O–H groups in total. The van der Waals surface area contributed by atoms with E-state index in [0.29, 0.717) is 23.0 Å². The lowest BCUT2D eigenvalue weighted by Gasteiger charge is -2.12. The van der Waals surface area contributed by atoms with Crippen LogP contribution in [0.1, 0.15) is 11.1 Å². The van der Waals surface area contributed by atoms with Gasteiger partial charge in [-0.15, -0.1) is 0 Å². The number of methoxy groups -OCH3 is 1. The van der Waals surface area contributed by atoms with Gasteiger partial charge >= 0.3 is 5.97 Å². The van der Waals surface area contributed by atoms with Crippen molar-refractivity contribution in [2.75, 3.05) is 12.4 Å². The Bertz CT molecular complexity index is 655. The molecule has 2 aromatic rings. The Balaban J connectivity index is 1.96. The van der Waals surface area contributed by atoms with Gasteiger partial charge in [0.25, 0.3) is 0 Å². The van der Waals surface area contributed by atoms with Gasteiger partial charge in [-0.3, -0.25) is 4.79 Å². The van der Waals surface area contributed by atoms with E-state index < -0.39 is 12.0 Å². The van der Waals surface area contributed by atoms with Crippen LogP contribution >= 0.6 is 23.2 Å². The predicted molar refractivity (Wildman–Crippen MR) is 93.9 cm³/mol. The first kappa shape index (κ1) is 17.6.